The van der Waals surface area contributed by atoms with E-state index in [4.69, 9.17) is 9.84 Å². The molecule has 0 fully saturated rings. The molecule has 0 bridgehead atoms. The normalized spacial score (nSPS) is 11.5. The van der Waals surface area contributed by atoms with Gasteiger partial charge in [-0.2, -0.15) is 5.10 Å². The van der Waals surface area contributed by atoms with Gasteiger partial charge in [-0.05, 0) is 31.9 Å². The van der Waals surface area contributed by atoms with Crippen LogP contribution in [0.2, 0.25) is 0 Å². The monoisotopic (exact) mass is 480 g/mol. The third-order valence-corrected chi connectivity index (χ3v) is 7.17. The van der Waals surface area contributed by atoms with E-state index in [1.54, 1.807) is 4.57 Å². The second-order valence-corrected chi connectivity index (χ2v) is 9.88. The summed E-state index contributed by atoms with van der Waals surface area (Å²) in [7, 11) is 2.74. The smallest absolute Gasteiger partial charge is 0.339 e. The van der Waals surface area contributed by atoms with Crippen LogP contribution in [0.5, 0.6) is 0 Å². The Bertz CT molecular complexity index is 1510. The molecular formula is C25H28N4O4S. The Hall–Kier alpha value is -3.46. The number of nitrogens with zero attached hydrogens (tertiary/aromatic N) is 4. The molecule has 3 aromatic heterocycles. The van der Waals surface area contributed by atoms with E-state index >= 15 is 0 Å². The molecule has 8 nitrogen and oxygen atoms in total. The zero-order valence-electron chi connectivity index (χ0n) is 20.2. The summed E-state index contributed by atoms with van der Waals surface area (Å²) in [6, 6.07) is 9.83. The number of hydrogen-bond acceptors (Lipinski definition) is 6. The molecule has 0 radical (unpaired) electrons. The van der Waals surface area contributed by atoms with Crippen LogP contribution < -0.4 is 11.2 Å². The lowest BCUT2D eigenvalue weighted by Crippen LogP contribution is -2.38. The van der Waals surface area contributed by atoms with Crippen molar-refractivity contribution in [3.63, 3.8) is 0 Å². The van der Waals surface area contributed by atoms with Crippen molar-refractivity contribution in [3.05, 3.63) is 78.6 Å². The SMILES string of the molecule is COC(=O)c1c(Cc2c(C)nn(-c3ccccc3)c2C)sc2c1c(=O)n(C)c(=O)n2CC(C)C. The van der Waals surface area contributed by atoms with E-state index in [-0.39, 0.29) is 22.6 Å². The van der Waals surface area contributed by atoms with Crippen LogP contribution in [-0.2, 0) is 24.8 Å². The van der Waals surface area contributed by atoms with Crippen LogP contribution >= 0.6 is 11.3 Å². The van der Waals surface area contributed by atoms with Crippen LogP contribution in [0.1, 0.15) is 46.0 Å². The highest BCUT2D eigenvalue weighted by Crippen LogP contribution is 2.33. The Morgan fingerprint density at radius 2 is 1.82 bits per heavy atom. The fraction of sp³-hybridized carbons (Fsp3) is 0.360. The van der Waals surface area contributed by atoms with Gasteiger partial charge in [0.15, 0.2) is 0 Å². The molecule has 0 atom stereocenters. The first-order valence-corrected chi connectivity index (χ1v) is 11.9. The number of methoxy groups -OCH3 is 1. The summed E-state index contributed by atoms with van der Waals surface area (Å²) in [6.07, 6.45) is 0.396. The van der Waals surface area contributed by atoms with Crippen LogP contribution in [0.3, 0.4) is 0 Å². The minimum atomic E-state index is -0.584. The van der Waals surface area contributed by atoms with E-state index in [1.165, 1.54) is 25.5 Å². The van der Waals surface area contributed by atoms with Gasteiger partial charge in [-0.15, -0.1) is 11.3 Å². The molecule has 3 heterocycles. The first-order chi connectivity index (χ1) is 16.1. The van der Waals surface area contributed by atoms with E-state index in [1.807, 2.05) is 62.7 Å². The van der Waals surface area contributed by atoms with Crippen molar-refractivity contribution in [2.75, 3.05) is 7.11 Å². The molecule has 0 saturated heterocycles. The standard InChI is InChI=1S/C25H28N4O4S/c1-14(2)13-28-23-21(22(30)27(5)25(28)32)20(24(31)33-6)19(34-23)12-18-15(3)26-29(16(18)4)17-10-8-7-9-11-17/h7-11,14H,12-13H2,1-6H3. The minimum absolute atomic E-state index is 0.180. The molecule has 0 saturated carbocycles. The molecule has 4 rings (SSSR count). The number of aryl methyl sites for hydroxylation is 1. The fourth-order valence-corrected chi connectivity index (χ4v) is 5.55. The predicted octanol–water partition coefficient (Wildman–Crippen LogP) is 3.60. The molecule has 0 spiro atoms. The summed E-state index contributed by atoms with van der Waals surface area (Å²) < 4.78 is 9.61. The van der Waals surface area contributed by atoms with Crippen molar-refractivity contribution in [2.45, 2.75) is 40.7 Å². The van der Waals surface area contributed by atoms with Crippen molar-refractivity contribution in [1.82, 2.24) is 18.9 Å². The molecule has 178 valence electrons. The molecule has 0 aliphatic heterocycles. The average Bonchev–Trinajstić information content (AvgIpc) is 3.33. The van der Waals surface area contributed by atoms with Gasteiger partial charge in [0.05, 0.1) is 29.4 Å². The molecule has 0 amide bonds. The number of carbonyl (C=O) groups excluding carboxylic acids is 1. The second-order valence-electron chi connectivity index (χ2n) is 8.80. The summed E-state index contributed by atoms with van der Waals surface area (Å²) >= 11 is 1.30. The Kier molecular flexibility index (Phi) is 6.31. The van der Waals surface area contributed by atoms with Crippen molar-refractivity contribution in [1.29, 1.82) is 0 Å². The van der Waals surface area contributed by atoms with Crippen molar-refractivity contribution >= 4 is 27.5 Å². The molecule has 0 N–H and O–H groups in total. The van der Waals surface area contributed by atoms with Gasteiger partial charge >= 0.3 is 11.7 Å². The predicted molar refractivity (Wildman–Crippen MR) is 133 cm³/mol. The van der Waals surface area contributed by atoms with Gasteiger partial charge in [0.2, 0.25) is 0 Å². The van der Waals surface area contributed by atoms with Crippen molar-refractivity contribution in [2.24, 2.45) is 13.0 Å². The van der Waals surface area contributed by atoms with Gasteiger partial charge in [-0.1, -0.05) is 32.0 Å². The van der Waals surface area contributed by atoms with E-state index < -0.39 is 11.5 Å². The van der Waals surface area contributed by atoms with Gasteiger partial charge in [0.1, 0.15) is 4.83 Å². The maximum absolute atomic E-state index is 13.1. The molecule has 0 unspecified atom stereocenters. The number of rotatable bonds is 6. The molecule has 0 aliphatic carbocycles. The summed E-state index contributed by atoms with van der Waals surface area (Å²) in [5.74, 6) is -0.405. The topological polar surface area (TPSA) is 88.1 Å². The Morgan fingerprint density at radius 1 is 1.15 bits per heavy atom. The number of thiophene rings is 1. The molecule has 34 heavy (non-hydrogen) atoms. The van der Waals surface area contributed by atoms with Gasteiger partial charge in [-0.3, -0.25) is 13.9 Å². The van der Waals surface area contributed by atoms with E-state index in [0.29, 0.717) is 22.7 Å². The number of ether oxygens (including phenoxy) is 1. The number of benzene rings is 1. The summed E-state index contributed by atoms with van der Waals surface area (Å²) in [6.45, 7) is 8.36. The lowest BCUT2D eigenvalue weighted by molar-refractivity contribution is 0.0602. The van der Waals surface area contributed by atoms with Crippen molar-refractivity contribution in [3.8, 4) is 5.69 Å². The number of esters is 1. The maximum Gasteiger partial charge on any atom is 0.339 e. The zero-order chi connectivity index (χ0) is 24.7. The van der Waals surface area contributed by atoms with Gasteiger partial charge < -0.3 is 4.74 Å². The lowest BCUT2D eigenvalue weighted by atomic mass is 10.0. The number of fused-ring (bicyclic) bond motifs is 1. The zero-order valence-corrected chi connectivity index (χ0v) is 21.0. The Balaban J connectivity index is 1.96. The van der Waals surface area contributed by atoms with E-state index in [2.05, 4.69) is 0 Å². The summed E-state index contributed by atoms with van der Waals surface area (Å²) in [4.78, 5) is 40.2. The average molecular weight is 481 g/mol. The van der Waals surface area contributed by atoms with Gasteiger partial charge in [0.25, 0.3) is 5.56 Å². The third kappa shape index (κ3) is 3.90. The first-order valence-electron chi connectivity index (χ1n) is 11.1. The van der Waals surface area contributed by atoms with Crippen LogP contribution in [-0.4, -0.2) is 32.0 Å². The number of para-hydroxylation sites is 1. The highest BCUT2D eigenvalue weighted by molar-refractivity contribution is 7.19. The summed E-state index contributed by atoms with van der Waals surface area (Å²) in [5.41, 5.74) is 3.04. The second kappa shape index (κ2) is 9.06. The van der Waals surface area contributed by atoms with Crippen LogP contribution in [0, 0.1) is 19.8 Å². The highest BCUT2D eigenvalue weighted by atomic mass is 32.1. The van der Waals surface area contributed by atoms with Gasteiger partial charge in [0, 0.05) is 36.1 Å². The lowest BCUT2D eigenvalue weighted by Gasteiger charge is -2.11. The van der Waals surface area contributed by atoms with Crippen LogP contribution in [0.25, 0.3) is 15.9 Å². The number of carbonyl (C=O) groups is 1. The third-order valence-electron chi connectivity index (χ3n) is 5.96. The fourth-order valence-electron chi connectivity index (χ4n) is 4.26. The first kappa shape index (κ1) is 23.7. The molecule has 4 aromatic rings. The quantitative estimate of drug-likeness (QED) is 0.394. The molecule has 9 heteroatoms. The van der Waals surface area contributed by atoms with E-state index in [9.17, 15) is 14.4 Å². The minimum Gasteiger partial charge on any atom is -0.465 e. The van der Waals surface area contributed by atoms with Crippen LogP contribution in [0.15, 0.2) is 39.9 Å². The van der Waals surface area contributed by atoms with Crippen LogP contribution in [0.4, 0.5) is 0 Å². The summed E-state index contributed by atoms with van der Waals surface area (Å²) in [5, 5.41) is 4.95. The highest BCUT2D eigenvalue weighted by Gasteiger charge is 2.27. The number of aromatic nitrogens is 4. The molecule has 0 aliphatic rings. The molecule has 1 aromatic carbocycles. The maximum atomic E-state index is 13.1. The molecular weight excluding hydrogens is 452 g/mol. The largest absolute Gasteiger partial charge is 0.465 e. The Morgan fingerprint density at radius 3 is 2.44 bits per heavy atom. The van der Waals surface area contributed by atoms with Gasteiger partial charge in [-0.25, -0.2) is 14.3 Å². The van der Waals surface area contributed by atoms with Crippen molar-refractivity contribution < 1.29 is 9.53 Å². The van der Waals surface area contributed by atoms with E-state index in [0.717, 1.165) is 27.2 Å². The Labute approximate surface area is 201 Å². The number of hydrogen-bond donors (Lipinski definition) is 0.